The molecule has 0 aliphatic carbocycles. The molecule has 1 rings (SSSR count). The minimum atomic E-state index is -3.40. The second-order valence-electron chi connectivity index (χ2n) is 5.15. The summed E-state index contributed by atoms with van der Waals surface area (Å²) in [5.74, 6) is 0.0705. The van der Waals surface area contributed by atoms with E-state index in [0.717, 1.165) is 18.2 Å². The summed E-state index contributed by atoms with van der Waals surface area (Å²) in [5.41, 5.74) is 0.863. The third-order valence-electron chi connectivity index (χ3n) is 3.12. The van der Waals surface area contributed by atoms with Crippen LogP contribution in [-0.4, -0.2) is 46.2 Å². The molecule has 0 aromatic heterocycles. The van der Waals surface area contributed by atoms with Crippen molar-refractivity contribution in [2.75, 3.05) is 25.1 Å². The van der Waals surface area contributed by atoms with Crippen LogP contribution in [0.3, 0.4) is 0 Å². The lowest BCUT2D eigenvalue weighted by molar-refractivity contribution is 0.412. The van der Waals surface area contributed by atoms with E-state index in [0.29, 0.717) is 6.42 Å². The van der Waals surface area contributed by atoms with Gasteiger partial charge in [-0.2, -0.15) is 4.31 Å². The van der Waals surface area contributed by atoms with E-state index in [4.69, 9.17) is 0 Å². The third-order valence-corrected chi connectivity index (χ3v) is 5.84. The summed E-state index contributed by atoms with van der Waals surface area (Å²) in [5, 5.41) is 0. The van der Waals surface area contributed by atoms with Gasteiger partial charge < -0.3 is 0 Å². The topological polar surface area (TPSA) is 83.6 Å². The van der Waals surface area contributed by atoms with Gasteiger partial charge in [0.1, 0.15) is 0 Å². The molecule has 0 spiro atoms. The maximum atomic E-state index is 11.8. The molecule has 0 radical (unpaired) electrons. The molecule has 0 heterocycles. The van der Waals surface area contributed by atoms with Gasteiger partial charge in [0.15, 0.2) is 0 Å². The Morgan fingerprint density at radius 1 is 1.09 bits per heavy atom. The van der Waals surface area contributed by atoms with Gasteiger partial charge in [-0.3, -0.25) is 0 Å². The van der Waals surface area contributed by atoms with Crippen molar-refractivity contribution in [1.29, 1.82) is 0 Å². The van der Waals surface area contributed by atoms with Crippen molar-refractivity contribution in [3.05, 3.63) is 35.9 Å². The highest BCUT2D eigenvalue weighted by atomic mass is 32.2. The van der Waals surface area contributed by atoms with Crippen molar-refractivity contribution in [3.8, 4) is 0 Å². The fraction of sp³-hybridized carbons (Fsp3) is 0.571. The first kappa shape index (κ1) is 19.1. The SMILES string of the molecule is CCCCS(=O)(=O)NCCN(Cc1ccccc1)S(C)(=O)=O. The standard InChI is InChI=1S/C14H24N2O4S2/c1-3-4-12-22(19,20)15-10-11-16(21(2,17)18)13-14-8-6-5-7-9-14/h5-9,15H,3-4,10-13H2,1-2H3. The van der Waals surface area contributed by atoms with Crippen molar-refractivity contribution in [2.24, 2.45) is 0 Å². The summed E-state index contributed by atoms with van der Waals surface area (Å²) >= 11 is 0. The van der Waals surface area contributed by atoms with Crippen LogP contribution in [-0.2, 0) is 26.6 Å². The highest BCUT2D eigenvalue weighted by molar-refractivity contribution is 7.89. The van der Waals surface area contributed by atoms with Gasteiger partial charge in [-0.15, -0.1) is 0 Å². The van der Waals surface area contributed by atoms with Crippen LogP contribution in [0.15, 0.2) is 30.3 Å². The predicted octanol–water partition coefficient (Wildman–Crippen LogP) is 1.17. The molecule has 1 aromatic carbocycles. The first-order chi connectivity index (χ1) is 10.2. The molecule has 1 aromatic rings. The molecule has 0 aliphatic rings. The van der Waals surface area contributed by atoms with Gasteiger partial charge in [-0.25, -0.2) is 21.6 Å². The molecule has 0 aliphatic heterocycles. The lowest BCUT2D eigenvalue weighted by Crippen LogP contribution is -2.38. The van der Waals surface area contributed by atoms with Gasteiger partial charge in [0.25, 0.3) is 0 Å². The van der Waals surface area contributed by atoms with E-state index >= 15 is 0 Å². The Labute approximate surface area is 133 Å². The molecule has 0 atom stereocenters. The van der Waals surface area contributed by atoms with Crippen LogP contribution in [0, 0.1) is 0 Å². The molecule has 8 heteroatoms. The minimum absolute atomic E-state index is 0.0705. The van der Waals surface area contributed by atoms with Crippen LogP contribution in [0.25, 0.3) is 0 Å². The number of benzene rings is 1. The summed E-state index contributed by atoms with van der Waals surface area (Å²) in [4.78, 5) is 0. The molecular formula is C14H24N2O4S2. The highest BCUT2D eigenvalue weighted by Crippen LogP contribution is 2.07. The van der Waals surface area contributed by atoms with Crippen LogP contribution in [0.1, 0.15) is 25.3 Å². The van der Waals surface area contributed by atoms with Crippen LogP contribution in [0.2, 0.25) is 0 Å². The van der Waals surface area contributed by atoms with Crippen LogP contribution in [0.5, 0.6) is 0 Å². The van der Waals surface area contributed by atoms with Crippen molar-refractivity contribution >= 4 is 20.0 Å². The maximum Gasteiger partial charge on any atom is 0.211 e. The van der Waals surface area contributed by atoms with E-state index in [9.17, 15) is 16.8 Å². The summed E-state index contributed by atoms with van der Waals surface area (Å²) in [6, 6.07) is 9.20. The third kappa shape index (κ3) is 7.35. The fourth-order valence-electron chi connectivity index (χ4n) is 1.88. The number of nitrogens with one attached hydrogen (secondary N) is 1. The maximum absolute atomic E-state index is 11.8. The van der Waals surface area contributed by atoms with E-state index in [1.807, 2.05) is 37.3 Å². The lowest BCUT2D eigenvalue weighted by atomic mass is 10.2. The Hall–Kier alpha value is -0.960. The molecule has 0 unspecified atom stereocenters. The average Bonchev–Trinajstić information content (AvgIpc) is 2.44. The Kier molecular flexibility index (Phi) is 7.47. The average molecular weight is 348 g/mol. The van der Waals surface area contributed by atoms with Gasteiger partial charge in [-0.05, 0) is 12.0 Å². The Morgan fingerprint density at radius 2 is 1.73 bits per heavy atom. The molecule has 0 fully saturated rings. The molecule has 0 saturated carbocycles. The molecule has 0 amide bonds. The molecule has 0 saturated heterocycles. The van der Waals surface area contributed by atoms with Crippen molar-refractivity contribution in [3.63, 3.8) is 0 Å². The number of sulfonamides is 2. The minimum Gasteiger partial charge on any atom is -0.214 e. The predicted molar refractivity (Wildman–Crippen MR) is 88.4 cm³/mol. The Morgan fingerprint density at radius 3 is 2.27 bits per heavy atom. The molecular weight excluding hydrogens is 324 g/mol. The van der Waals surface area contributed by atoms with Gasteiger partial charge >= 0.3 is 0 Å². The van der Waals surface area contributed by atoms with E-state index < -0.39 is 20.0 Å². The van der Waals surface area contributed by atoms with Crippen LogP contribution < -0.4 is 4.72 Å². The fourth-order valence-corrected chi connectivity index (χ4v) is 3.90. The Balaban J connectivity index is 2.61. The zero-order valence-corrected chi connectivity index (χ0v) is 14.7. The number of hydrogen-bond acceptors (Lipinski definition) is 4. The molecule has 6 nitrogen and oxygen atoms in total. The first-order valence-electron chi connectivity index (χ1n) is 7.21. The van der Waals surface area contributed by atoms with Crippen LogP contribution >= 0.6 is 0 Å². The monoisotopic (exact) mass is 348 g/mol. The number of nitrogens with zero attached hydrogens (tertiary/aromatic N) is 1. The Bertz CT molecular complexity index is 643. The normalized spacial score (nSPS) is 12.7. The summed E-state index contributed by atoms with van der Waals surface area (Å²) in [6.07, 6.45) is 2.51. The van der Waals surface area contributed by atoms with Gasteiger partial charge in [0, 0.05) is 19.6 Å². The summed E-state index contributed by atoms with van der Waals surface area (Å²) < 4.78 is 50.7. The van der Waals surface area contributed by atoms with E-state index in [-0.39, 0.29) is 25.4 Å². The first-order valence-corrected chi connectivity index (χ1v) is 10.7. The number of unbranched alkanes of at least 4 members (excludes halogenated alkanes) is 1. The second kappa shape index (κ2) is 8.61. The smallest absolute Gasteiger partial charge is 0.211 e. The van der Waals surface area contributed by atoms with Crippen molar-refractivity contribution in [1.82, 2.24) is 9.03 Å². The zero-order valence-electron chi connectivity index (χ0n) is 13.0. The summed E-state index contributed by atoms with van der Waals surface area (Å²) in [7, 11) is -6.73. The van der Waals surface area contributed by atoms with Gasteiger partial charge in [-0.1, -0.05) is 43.7 Å². The van der Waals surface area contributed by atoms with Gasteiger partial charge in [0.05, 0.1) is 12.0 Å². The van der Waals surface area contributed by atoms with E-state index in [1.165, 1.54) is 4.31 Å². The van der Waals surface area contributed by atoms with E-state index in [2.05, 4.69) is 4.72 Å². The highest BCUT2D eigenvalue weighted by Gasteiger charge is 2.18. The molecule has 1 N–H and O–H groups in total. The summed E-state index contributed by atoms with van der Waals surface area (Å²) in [6.45, 7) is 2.34. The second-order valence-corrected chi connectivity index (χ2v) is 9.06. The molecule has 126 valence electrons. The zero-order chi connectivity index (χ0) is 16.6. The van der Waals surface area contributed by atoms with Crippen molar-refractivity contribution in [2.45, 2.75) is 26.3 Å². The lowest BCUT2D eigenvalue weighted by Gasteiger charge is -2.20. The van der Waals surface area contributed by atoms with Crippen LogP contribution in [0.4, 0.5) is 0 Å². The quantitative estimate of drug-likeness (QED) is 0.688. The molecule has 22 heavy (non-hydrogen) atoms. The number of rotatable bonds is 10. The largest absolute Gasteiger partial charge is 0.214 e. The van der Waals surface area contributed by atoms with Crippen molar-refractivity contribution < 1.29 is 16.8 Å². The number of hydrogen-bond donors (Lipinski definition) is 1. The van der Waals surface area contributed by atoms with Gasteiger partial charge in [0.2, 0.25) is 20.0 Å². The molecule has 0 bridgehead atoms. The van der Waals surface area contributed by atoms with E-state index in [1.54, 1.807) is 0 Å².